The van der Waals surface area contributed by atoms with Gasteiger partial charge in [-0.25, -0.2) is 4.98 Å². The van der Waals surface area contributed by atoms with Crippen LogP contribution in [0.1, 0.15) is 12.0 Å². The molecule has 0 bridgehead atoms. The minimum Gasteiger partial charge on any atom is -0.341 e. The largest absolute Gasteiger partial charge is 0.341 e. The summed E-state index contributed by atoms with van der Waals surface area (Å²) in [6, 6.07) is 11.8. The Kier molecular flexibility index (Phi) is 4.14. The number of nitrogens with zero attached hydrogens (tertiary/aromatic N) is 4. The fourth-order valence-corrected chi connectivity index (χ4v) is 2.45. The number of amides is 1. The summed E-state index contributed by atoms with van der Waals surface area (Å²) in [7, 11) is 1.82. The van der Waals surface area contributed by atoms with Crippen molar-refractivity contribution in [1.29, 1.82) is 0 Å². The van der Waals surface area contributed by atoms with E-state index in [4.69, 9.17) is 0 Å². The van der Waals surface area contributed by atoms with E-state index >= 15 is 0 Å². The number of aromatic nitrogens is 3. The first kappa shape index (κ1) is 14.3. The molecule has 2 aromatic heterocycles. The lowest BCUT2D eigenvalue weighted by atomic mass is 10.2. The van der Waals surface area contributed by atoms with Crippen LogP contribution in [0.5, 0.6) is 0 Å². The number of benzene rings is 1. The van der Waals surface area contributed by atoms with Gasteiger partial charge in [0.15, 0.2) is 0 Å². The minimum atomic E-state index is 0.113. The van der Waals surface area contributed by atoms with Crippen molar-refractivity contribution in [2.75, 3.05) is 7.05 Å². The predicted octanol–water partition coefficient (Wildman–Crippen LogP) is 2.48. The molecular formula is C17H18N4O. The van der Waals surface area contributed by atoms with Crippen molar-refractivity contribution in [1.82, 2.24) is 19.4 Å². The molecule has 5 nitrogen and oxygen atoms in total. The number of rotatable bonds is 5. The molecule has 0 saturated carbocycles. The summed E-state index contributed by atoms with van der Waals surface area (Å²) in [5.74, 6) is 0.113. The summed E-state index contributed by atoms with van der Waals surface area (Å²) in [4.78, 5) is 22.4. The van der Waals surface area contributed by atoms with Crippen molar-refractivity contribution in [2.24, 2.45) is 0 Å². The van der Waals surface area contributed by atoms with Gasteiger partial charge in [0.05, 0.1) is 17.4 Å². The van der Waals surface area contributed by atoms with Crippen molar-refractivity contribution >= 4 is 16.9 Å². The second-order valence-electron chi connectivity index (χ2n) is 5.29. The molecule has 5 heteroatoms. The van der Waals surface area contributed by atoms with Crippen LogP contribution in [-0.4, -0.2) is 32.4 Å². The van der Waals surface area contributed by atoms with E-state index in [1.165, 1.54) is 0 Å². The number of para-hydroxylation sites is 2. The Bertz CT molecular complexity index is 766. The number of pyridine rings is 1. The van der Waals surface area contributed by atoms with Gasteiger partial charge < -0.3 is 9.47 Å². The van der Waals surface area contributed by atoms with Crippen LogP contribution in [0.25, 0.3) is 11.0 Å². The van der Waals surface area contributed by atoms with E-state index in [9.17, 15) is 4.79 Å². The average Bonchev–Trinajstić information content (AvgIpc) is 2.97. The molecule has 0 spiro atoms. The predicted molar refractivity (Wildman–Crippen MR) is 85.1 cm³/mol. The third-order valence-electron chi connectivity index (χ3n) is 3.66. The van der Waals surface area contributed by atoms with Gasteiger partial charge in [-0.3, -0.25) is 9.78 Å². The standard InChI is InChI=1S/C17H18N4O/c1-20(12-14-5-4-9-18-11-14)17(22)8-10-21-13-19-15-6-2-3-7-16(15)21/h2-7,9,11,13H,8,10,12H2,1H3. The van der Waals surface area contributed by atoms with Crippen LogP contribution < -0.4 is 0 Å². The Morgan fingerprint density at radius 1 is 1.23 bits per heavy atom. The molecule has 0 saturated heterocycles. The van der Waals surface area contributed by atoms with E-state index in [0.717, 1.165) is 16.6 Å². The van der Waals surface area contributed by atoms with Gasteiger partial charge in [0.2, 0.25) is 5.91 Å². The Balaban J connectivity index is 1.60. The van der Waals surface area contributed by atoms with Gasteiger partial charge in [-0.15, -0.1) is 0 Å². The average molecular weight is 294 g/mol. The normalized spacial score (nSPS) is 10.8. The molecule has 1 aromatic carbocycles. The molecule has 0 aliphatic carbocycles. The topological polar surface area (TPSA) is 51.0 Å². The highest BCUT2D eigenvalue weighted by Crippen LogP contribution is 2.12. The summed E-state index contributed by atoms with van der Waals surface area (Å²) in [5.41, 5.74) is 3.05. The molecule has 1 amide bonds. The summed E-state index contributed by atoms with van der Waals surface area (Å²) in [5, 5.41) is 0. The zero-order valence-corrected chi connectivity index (χ0v) is 12.5. The number of hydrogen-bond acceptors (Lipinski definition) is 3. The Morgan fingerprint density at radius 3 is 2.91 bits per heavy atom. The maximum atomic E-state index is 12.3. The molecule has 0 unspecified atom stereocenters. The Morgan fingerprint density at radius 2 is 2.09 bits per heavy atom. The molecule has 3 rings (SSSR count). The van der Waals surface area contributed by atoms with Crippen molar-refractivity contribution < 1.29 is 4.79 Å². The Hall–Kier alpha value is -2.69. The maximum Gasteiger partial charge on any atom is 0.224 e. The third kappa shape index (κ3) is 3.14. The van der Waals surface area contributed by atoms with Gasteiger partial charge in [0, 0.05) is 39.0 Å². The van der Waals surface area contributed by atoms with Crippen LogP contribution in [0.15, 0.2) is 55.1 Å². The van der Waals surface area contributed by atoms with Crippen molar-refractivity contribution in [3.05, 3.63) is 60.7 Å². The highest BCUT2D eigenvalue weighted by Gasteiger charge is 2.10. The van der Waals surface area contributed by atoms with E-state index in [1.54, 1.807) is 23.6 Å². The van der Waals surface area contributed by atoms with Crippen LogP contribution >= 0.6 is 0 Å². The summed E-state index contributed by atoms with van der Waals surface area (Å²) < 4.78 is 2.02. The lowest BCUT2D eigenvalue weighted by molar-refractivity contribution is -0.130. The van der Waals surface area contributed by atoms with Crippen molar-refractivity contribution in [3.63, 3.8) is 0 Å². The number of carbonyl (C=O) groups excluding carboxylic acids is 1. The molecule has 0 radical (unpaired) electrons. The van der Waals surface area contributed by atoms with E-state index in [0.29, 0.717) is 19.5 Å². The van der Waals surface area contributed by atoms with Gasteiger partial charge in [-0.2, -0.15) is 0 Å². The second-order valence-corrected chi connectivity index (χ2v) is 5.29. The molecule has 0 atom stereocenters. The molecule has 0 aliphatic heterocycles. The zero-order chi connectivity index (χ0) is 15.4. The van der Waals surface area contributed by atoms with E-state index in [2.05, 4.69) is 9.97 Å². The van der Waals surface area contributed by atoms with Crippen LogP contribution in [-0.2, 0) is 17.9 Å². The van der Waals surface area contributed by atoms with E-state index in [1.807, 2.05) is 48.0 Å². The maximum absolute atomic E-state index is 12.3. The van der Waals surface area contributed by atoms with E-state index in [-0.39, 0.29) is 5.91 Å². The van der Waals surface area contributed by atoms with Gasteiger partial charge in [-0.1, -0.05) is 18.2 Å². The van der Waals surface area contributed by atoms with Crippen LogP contribution in [0, 0.1) is 0 Å². The quantitative estimate of drug-likeness (QED) is 0.726. The first-order valence-corrected chi connectivity index (χ1v) is 7.27. The van der Waals surface area contributed by atoms with Gasteiger partial charge >= 0.3 is 0 Å². The third-order valence-corrected chi connectivity index (χ3v) is 3.66. The van der Waals surface area contributed by atoms with Crippen LogP contribution in [0.4, 0.5) is 0 Å². The molecule has 112 valence electrons. The second kappa shape index (κ2) is 6.39. The smallest absolute Gasteiger partial charge is 0.224 e. The molecule has 2 heterocycles. The lowest BCUT2D eigenvalue weighted by Gasteiger charge is -2.17. The molecule has 0 aliphatic rings. The van der Waals surface area contributed by atoms with Crippen LogP contribution in [0.2, 0.25) is 0 Å². The number of carbonyl (C=O) groups is 1. The van der Waals surface area contributed by atoms with E-state index < -0.39 is 0 Å². The first-order chi connectivity index (χ1) is 10.7. The van der Waals surface area contributed by atoms with Gasteiger partial charge in [-0.05, 0) is 23.8 Å². The summed E-state index contributed by atoms with van der Waals surface area (Å²) in [6.45, 7) is 1.22. The lowest BCUT2D eigenvalue weighted by Crippen LogP contribution is -2.27. The minimum absolute atomic E-state index is 0.113. The molecule has 0 N–H and O–H groups in total. The number of hydrogen-bond donors (Lipinski definition) is 0. The van der Waals surface area contributed by atoms with Crippen LogP contribution in [0.3, 0.4) is 0 Å². The summed E-state index contributed by atoms with van der Waals surface area (Å²) in [6.07, 6.45) is 5.76. The molecule has 3 aromatic rings. The van der Waals surface area contributed by atoms with Gasteiger partial charge in [0.1, 0.15) is 0 Å². The zero-order valence-electron chi connectivity index (χ0n) is 12.5. The monoisotopic (exact) mass is 294 g/mol. The number of fused-ring (bicyclic) bond motifs is 1. The summed E-state index contributed by atoms with van der Waals surface area (Å²) >= 11 is 0. The Labute approximate surface area is 129 Å². The number of aryl methyl sites for hydroxylation is 1. The fraction of sp³-hybridized carbons (Fsp3) is 0.235. The highest BCUT2D eigenvalue weighted by molar-refractivity contribution is 5.77. The molecular weight excluding hydrogens is 276 g/mol. The highest BCUT2D eigenvalue weighted by atomic mass is 16.2. The number of imidazole rings is 1. The molecule has 0 fully saturated rings. The van der Waals surface area contributed by atoms with Gasteiger partial charge in [0.25, 0.3) is 0 Å². The SMILES string of the molecule is CN(Cc1cccnc1)C(=O)CCn1cnc2ccccc21. The van der Waals surface area contributed by atoms with Crippen molar-refractivity contribution in [2.45, 2.75) is 19.5 Å². The van der Waals surface area contributed by atoms with Crippen molar-refractivity contribution in [3.8, 4) is 0 Å². The molecule has 22 heavy (non-hydrogen) atoms. The fourth-order valence-electron chi connectivity index (χ4n) is 2.45. The first-order valence-electron chi connectivity index (χ1n) is 7.27.